The van der Waals surface area contributed by atoms with Crippen LogP contribution in [-0.2, 0) is 11.3 Å². The van der Waals surface area contributed by atoms with Crippen molar-refractivity contribution in [2.45, 2.75) is 38.3 Å². The van der Waals surface area contributed by atoms with Gasteiger partial charge in [-0.2, -0.15) is 5.10 Å². The molecule has 1 aromatic rings. The van der Waals surface area contributed by atoms with Crippen molar-refractivity contribution in [2.75, 3.05) is 0 Å². The Balaban J connectivity index is 2.02. The third-order valence-corrected chi connectivity index (χ3v) is 2.92. The van der Waals surface area contributed by atoms with Crippen LogP contribution in [0.5, 0.6) is 0 Å². The molecule has 6 nitrogen and oxygen atoms in total. The fourth-order valence-corrected chi connectivity index (χ4v) is 2.11. The average molecular weight is 237 g/mol. The first-order valence-electron chi connectivity index (χ1n) is 5.71. The van der Waals surface area contributed by atoms with Gasteiger partial charge in [-0.1, -0.05) is 12.8 Å². The first kappa shape index (κ1) is 11.6. The van der Waals surface area contributed by atoms with Gasteiger partial charge in [0.2, 0.25) is 0 Å². The van der Waals surface area contributed by atoms with Gasteiger partial charge in [-0.25, -0.2) is 4.68 Å². The maximum Gasteiger partial charge on any atom is 0.325 e. The molecule has 2 rings (SSSR count). The van der Waals surface area contributed by atoms with Crippen LogP contribution >= 0.6 is 0 Å². The summed E-state index contributed by atoms with van der Waals surface area (Å²) < 4.78 is 1.20. The average Bonchev–Trinajstić information content (AvgIpc) is 2.87. The third kappa shape index (κ3) is 2.83. The number of aromatic nitrogens is 2. The van der Waals surface area contributed by atoms with Crippen LogP contribution in [0, 0.1) is 0 Å². The van der Waals surface area contributed by atoms with Crippen molar-refractivity contribution in [1.29, 1.82) is 0 Å². The zero-order valence-corrected chi connectivity index (χ0v) is 9.43. The molecule has 6 heteroatoms. The quantitative estimate of drug-likeness (QED) is 0.804. The number of carbonyl (C=O) groups is 2. The Morgan fingerprint density at radius 1 is 1.47 bits per heavy atom. The molecule has 0 aliphatic heterocycles. The van der Waals surface area contributed by atoms with E-state index in [4.69, 9.17) is 5.11 Å². The predicted molar refractivity (Wildman–Crippen MR) is 59.6 cm³/mol. The maximum absolute atomic E-state index is 11.9. The smallest absolute Gasteiger partial charge is 0.325 e. The number of carbonyl (C=O) groups excluding carboxylic acids is 1. The number of carboxylic acid groups (broad SMARTS) is 1. The Bertz CT molecular complexity index is 421. The van der Waals surface area contributed by atoms with Crippen LogP contribution in [-0.4, -0.2) is 32.8 Å². The maximum atomic E-state index is 11.9. The molecule has 0 aromatic carbocycles. The largest absolute Gasteiger partial charge is 0.480 e. The number of nitrogens with zero attached hydrogens (tertiary/aromatic N) is 2. The summed E-state index contributed by atoms with van der Waals surface area (Å²) in [6.45, 7) is -0.291. The van der Waals surface area contributed by atoms with E-state index in [9.17, 15) is 9.59 Å². The summed E-state index contributed by atoms with van der Waals surface area (Å²) in [4.78, 5) is 22.5. The predicted octanol–water partition coefficient (Wildman–Crippen LogP) is 0.640. The molecule has 1 heterocycles. The molecule has 1 aliphatic carbocycles. The van der Waals surface area contributed by atoms with Crippen molar-refractivity contribution in [3.05, 3.63) is 18.0 Å². The third-order valence-electron chi connectivity index (χ3n) is 2.92. The Hall–Kier alpha value is -1.85. The van der Waals surface area contributed by atoms with Gasteiger partial charge in [0.25, 0.3) is 5.91 Å². The number of carboxylic acids is 1. The second-order valence-electron chi connectivity index (χ2n) is 4.22. The number of hydrogen-bond donors (Lipinski definition) is 2. The minimum absolute atomic E-state index is 0.218. The van der Waals surface area contributed by atoms with Crippen LogP contribution in [0.1, 0.15) is 36.2 Å². The van der Waals surface area contributed by atoms with Gasteiger partial charge in [0.15, 0.2) is 0 Å². The van der Waals surface area contributed by atoms with Gasteiger partial charge in [0.1, 0.15) is 12.2 Å². The molecule has 1 fully saturated rings. The van der Waals surface area contributed by atoms with Crippen molar-refractivity contribution >= 4 is 11.9 Å². The number of nitrogens with one attached hydrogen (secondary N) is 1. The van der Waals surface area contributed by atoms with E-state index in [1.807, 2.05) is 0 Å². The molecule has 1 aliphatic rings. The Morgan fingerprint density at radius 3 is 2.82 bits per heavy atom. The SMILES string of the molecule is O=C(O)Cn1nccc1C(=O)NC1CCCC1. The Morgan fingerprint density at radius 2 is 2.18 bits per heavy atom. The Kier molecular flexibility index (Phi) is 3.41. The molecule has 0 spiro atoms. The van der Waals surface area contributed by atoms with Gasteiger partial charge in [0, 0.05) is 12.2 Å². The molecular weight excluding hydrogens is 222 g/mol. The van der Waals surface area contributed by atoms with E-state index in [0.29, 0.717) is 5.69 Å². The summed E-state index contributed by atoms with van der Waals surface area (Å²) in [5.74, 6) is -1.25. The lowest BCUT2D eigenvalue weighted by Crippen LogP contribution is -2.34. The molecule has 1 amide bonds. The van der Waals surface area contributed by atoms with Crippen molar-refractivity contribution in [2.24, 2.45) is 0 Å². The zero-order valence-electron chi connectivity index (χ0n) is 9.43. The van der Waals surface area contributed by atoms with Crippen molar-refractivity contribution in [3.63, 3.8) is 0 Å². The van der Waals surface area contributed by atoms with Crippen LogP contribution in [0.2, 0.25) is 0 Å². The molecule has 0 saturated heterocycles. The summed E-state index contributed by atoms with van der Waals surface area (Å²) in [6.07, 6.45) is 5.71. The molecule has 0 unspecified atom stereocenters. The van der Waals surface area contributed by atoms with Gasteiger partial charge in [-0.3, -0.25) is 9.59 Å². The normalized spacial score (nSPS) is 16.0. The highest BCUT2D eigenvalue weighted by Gasteiger charge is 2.20. The highest BCUT2D eigenvalue weighted by atomic mass is 16.4. The molecule has 2 N–H and O–H groups in total. The molecule has 1 saturated carbocycles. The lowest BCUT2D eigenvalue weighted by atomic mass is 10.2. The fourth-order valence-electron chi connectivity index (χ4n) is 2.11. The number of hydrogen-bond acceptors (Lipinski definition) is 3. The summed E-state index contributed by atoms with van der Waals surface area (Å²) in [5, 5.41) is 15.4. The minimum Gasteiger partial charge on any atom is -0.480 e. The number of aliphatic carboxylic acids is 1. The highest BCUT2D eigenvalue weighted by molar-refractivity contribution is 5.93. The second kappa shape index (κ2) is 4.99. The van der Waals surface area contributed by atoms with Gasteiger partial charge in [-0.05, 0) is 18.9 Å². The van der Waals surface area contributed by atoms with Crippen molar-refractivity contribution < 1.29 is 14.7 Å². The minimum atomic E-state index is -1.01. The van der Waals surface area contributed by atoms with E-state index in [0.717, 1.165) is 25.7 Å². The topological polar surface area (TPSA) is 84.2 Å². The van der Waals surface area contributed by atoms with Gasteiger partial charge in [-0.15, -0.1) is 0 Å². The van der Waals surface area contributed by atoms with Gasteiger partial charge >= 0.3 is 5.97 Å². The molecular formula is C11H15N3O3. The molecule has 0 bridgehead atoms. The van der Waals surface area contributed by atoms with Crippen LogP contribution in [0.15, 0.2) is 12.3 Å². The van der Waals surface area contributed by atoms with Crippen LogP contribution < -0.4 is 5.32 Å². The van der Waals surface area contributed by atoms with Crippen LogP contribution in [0.4, 0.5) is 0 Å². The van der Waals surface area contributed by atoms with E-state index < -0.39 is 5.97 Å². The molecule has 17 heavy (non-hydrogen) atoms. The van der Waals surface area contributed by atoms with E-state index in [1.54, 1.807) is 0 Å². The van der Waals surface area contributed by atoms with Gasteiger partial charge in [0.05, 0.1) is 0 Å². The van der Waals surface area contributed by atoms with Crippen molar-refractivity contribution in [3.8, 4) is 0 Å². The zero-order chi connectivity index (χ0) is 12.3. The Labute approximate surface area is 98.6 Å². The summed E-state index contributed by atoms with van der Waals surface area (Å²) in [7, 11) is 0. The van der Waals surface area contributed by atoms with E-state index in [1.165, 1.54) is 16.9 Å². The first-order chi connectivity index (χ1) is 8.16. The molecule has 92 valence electrons. The summed E-state index contributed by atoms with van der Waals surface area (Å²) in [6, 6.07) is 1.75. The molecule has 1 aromatic heterocycles. The van der Waals surface area contributed by atoms with E-state index >= 15 is 0 Å². The van der Waals surface area contributed by atoms with Crippen LogP contribution in [0.25, 0.3) is 0 Å². The van der Waals surface area contributed by atoms with Crippen molar-refractivity contribution in [1.82, 2.24) is 15.1 Å². The lowest BCUT2D eigenvalue weighted by Gasteiger charge is -2.12. The molecule has 0 radical (unpaired) electrons. The first-order valence-corrected chi connectivity index (χ1v) is 5.71. The monoisotopic (exact) mass is 237 g/mol. The fraction of sp³-hybridized carbons (Fsp3) is 0.545. The lowest BCUT2D eigenvalue weighted by molar-refractivity contribution is -0.137. The standard InChI is InChI=1S/C11H15N3O3/c15-10(16)7-14-9(5-6-12-14)11(17)13-8-3-1-2-4-8/h5-6,8H,1-4,7H2,(H,13,17)(H,15,16). The summed E-state index contributed by atoms with van der Waals surface area (Å²) in [5.41, 5.74) is 0.305. The molecule has 0 atom stereocenters. The van der Waals surface area contributed by atoms with Gasteiger partial charge < -0.3 is 10.4 Å². The summed E-state index contributed by atoms with van der Waals surface area (Å²) >= 11 is 0. The van der Waals surface area contributed by atoms with Crippen LogP contribution in [0.3, 0.4) is 0 Å². The van der Waals surface area contributed by atoms with E-state index in [2.05, 4.69) is 10.4 Å². The number of amides is 1. The number of rotatable bonds is 4. The van der Waals surface area contributed by atoms with E-state index in [-0.39, 0.29) is 18.5 Å². The highest BCUT2D eigenvalue weighted by Crippen LogP contribution is 2.18. The second-order valence-corrected chi connectivity index (χ2v) is 4.22.